The van der Waals surface area contributed by atoms with Crippen molar-refractivity contribution < 1.29 is 24.1 Å². The van der Waals surface area contributed by atoms with Gasteiger partial charge in [0.1, 0.15) is 17.2 Å². The average molecular weight is 364 g/mol. The highest BCUT2D eigenvalue weighted by molar-refractivity contribution is 6.33. The topological polar surface area (TPSA) is 92.2 Å². The van der Waals surface area contributed by atoms with Gasteiger partial charge >= 0.3 is 0 Å². The Balaban J connectivity index is 2.31. The number of anilines is 1. The van der Waals surface area contributed by atoms with E-state index in [-0.39, 0.29) is 5.56 Å². The smallest absolute Gasteiger partial charge is 0.135 e. The van der Waals surface area contributed by atoms with Crippen molar-refractivity contribution in [2.75, 3.05) is 26.8 Å². The van der Waals surface area contributed by atoms with Crippen molar-refractivity contribution >= 4 is 29.5 Å². The Hall–Kier alpha value is -2.93. The van der Waals surface area contributed by atoms with Crippen LogP contribution in [0, 0.1) is 0 Å². The summed E-state index contributed by atoms with van der Waals surface area (Å²) in [5, 5.41) is 15.3. The number of rotatable bonds is 7. The van der Waals surface area contributed by atoms with Crippen LogP contribution in [0.2, 0.25) is 5.02 Å². The SMILES string of the molecule is COc1cc(OC)c(/C=N\Nc2cc(C(=O)[O-])ccc2Cl)c(OC)c1. The number of nitrogens with one attached hydrogen (secondary N) is 1. The van der Waals surface area contributed by atoms with Crippen LogP contribution in [0.5, 0.6) is 17.2 Å². The number of carbonyl (C=O) groups is 1. The monoisotopic (exact) mass is 363 g/mol. The summed E-state index contributed by atoms with van der Waals surface area (Å²) in [6.45, 7) is 0. The average Bonchev–Trinajstić information content (AvgIpc) is 2.62. The van der Waals surface area contributed by atoms with Gasteiger partial charge in [-0.1, -0.05) is 17.7 Å². The van der Waals surface area contributed by atoms with E-state index in [0.717, 1.165) is 0 Å². The summed E-state index contributed by atoms with van der Waals surface area (Å²) >= 11 is 6.02. The van der Waals surface area contributed by atoms with Crippen molar-refractivity contribution in [3.05, 3.63) is 46.5 Å². The number of methoxy groups -OCH3 is 3. The second kappa shape index (κ2) is 8.25. The molecule has 0 unspecified atom stereocenters. The Bertz CT molecular complexity index is 783. The molecule has 2 aromatic carbocycles. The maximum Gasteiger partial charge on any atom is 0.135 e. The highest BCUT2D eigenvalue weighted by atomic mass is 35.5. The third kappa shape index (κ3) is 4.33. The van der Waals surface area contributed by atoms with Gasteiger partial charge in [-0.15, -0.1) is 0 Å². The molecule has 0 aliphatic carbocycles. The molecule has 25 heavy (non-hydrogen) atoms. The van der Waals surface area contributed by atoms with Crippen LogP contribution in [0.4, 0.5) is 5.69 Å². The van der Waals surface area contributed by atoms with Crippen LogP contribution in [0.25, 0.3) is 0 Å². The summed E-state index contributed by atoms with van der Waals surface area (Å²) < 4.78 is 15.8. The molecular weight excluding hydrogens is 348 g/mol. The number of carbonyl (C=O) groups excluding carboxylic acids is 1. The lowest BCUT2D eigenvalue weighted by atomic mass is 10.2. The molecule has 8 heteroatoms. The van der Waals surface area contributed by atoms with E-state index in [1.165, 1.54) is 45.7 Å². The van der Waals surface area contributed by atoms with Gasteiger partial charge in [-0.3, -0.25) is 5.43 Å². The van der Waals surface area contributed by atoms with Gasteiger partial charge in [-0.05, 0) is 17.7 Å². The van der Waals surface area contributed by atoms with Gasteiger partial charge in [0.05, 0.1) is 49.8 Å². The third-order valence-corrected chi connectivity index (χ3v) is 3.66. The molecule has 0 aliphatic heterocycles. The van der Waals surface area contributed by atoms with Gasteiger partial charge < -0.3 is 24.1 Å². The molecule has 0 bridgehead atoms. The lowest BCUT2D eigenvalue weighted by Gasteiger charge is -2.12. The Labute approximate surface area is 149 Å². The summed E-state index contributed by atoms with van der Waals surface area (Å²) in [6.07, 6.45) is 1.47. The van der Waals surface area contributed by atoms with E-state index in [4.69, 9.17) is 25.8 Å². The molecule has 0 spiro atoms. The summed E-state index contributed by atoms with van der Waals surface area (Å²) in [5.41, 5.74) is 3.58. The first-order valence-corrected chi connectivity index (χ1v) is 7.48. The molecule has 0 amide bonds. The van der Waals surface area contributed by atoms with Crippen molar-refractivity contribution in [2.45, 2.75) is 0 Å². The minimum Gasteiger partial charge on any atom is -0.545 e. The largest absolute Gasteiger partial charge is 0.545 e. The molecule has 7 nitrogen and oxygen atoms in total. The number of nitrogens with zero attached hydrogens (tertiary/aromatic N) is 1. The normalized spacial score (nSPS) is 10.6. The van der Waals surface area contributed by atoms with Gasteiger partial charge in [-0.25, -0.2) is 0 Å². The van der Waals surface area contributed by atoms with Crippen LogP contribution in [-0.4, -0.2) is 33.5 Å². The van der Waals surface area contributed by atoms with Crippen molar-refractivity contribution in [1.29, 1.82) is 0 Å². The quantitative estimate of drug-likeness (QED) is 0.598. The van der Waals surface area contributed by atoms with Crippen LogP contribution < -0.4 is 24.7 Å². The second-order valence-electron chi connectivity index (χ2n) is 4.80. The number of ether oxygens (including phenoxy) is 3. The number of hydrogen-bond acceptors (Lipinski definition) is 7. The Morgan fingerprint density at radius 1 is 1.12 bits per heavy atom. The van der Waals surface area contributed by atoms with Crippen molar-refractivity contribution in [2.24, 2.45) is 5.10 Å². The predicted molar refractivity (Wildman–Crippen MR) is 93.1 cm³/mol. The third-order valence-electron chi connectivity index (χ3n) is 3.33. The zero-order valence-corrected chi connectivity index (χ0v) is 14.6. The van der Waals surface area contributed by atoms with E-state index in [9.17, 15) is 9.90 Å². The van der Waals surface area contributed by atoms with Crippen molar-refractivity contribution in [3.8, 4) is 17.2 Å². The summed E-state index contributed by atoms with van der Waals surface area (Å²) in [7, 11) is 4.56. The zero-order valence-electron chi connectivity index (χ0n) is 13.8. The highest BCUT2D eigenvalue weighted by Gasteiger charge is 2.11. The molecule has 0 aromatic heterocycles. The first-order chi connectivity index (χ1) is 12.0. The van der Waals surface area contributed by atoms with E-state index < -0.39 is 5.97 Å². The maximum absolute atomic E-state index is 10.9. The Kier molecular flexibility index (Phi) is 6.08. The molecule has 132 valence electrons. The summed E-state index contributed by atoms with van der Waals surface area (Å²) in [6, 6.07) is 7.50. The molecule has 0 saturated carbocycles. The molecule has 0 heterocycles. The number of carboxylic acid groups (broad SMARTS) is 1. The molecule has 0 atom stereocenters. The molecule has 0 aliphatic rings. The minimum absolute atomic E-state index is 0.0123. The van der Waals surface area contributed by atoms with Gasteiger partial charge in [0.25, 0.3) is 0 Å². The van der Waals surface area contributed by atoms with E-state index in [1.807, 2.05) is 0 Å². The summed E-state index contributed by atoms with van der Waals surface area (Å²) in [4.78, 5) is 10.9. The van der Waals surface area contributed by atoms with Crippen LogP contribution >= 0.6 is 11.6 Å². The number of aromatic carboxylic acids is 1. The number of halogens is 1. The first-order valence-electron chi connectivity index (χ1n) is 7.10. The van der Waals surface area contributed by atoms with E-state index in [0.29, 0.717) is 33.5 Å². The number of hydrazone groups is 1. The standard InChI is InChI=1S/C17H17ClN2O5/c1-23-11-7-15(24-2)12(16(8-11)25-3)9-19-20-14-6-10(17(21)22)4-5-13(14)18/h4-9,20H,1-3H3,(H,21,22)/p-1/b19-9-. The highest BCUT2D eigenvalue weighted by Crippen LogP contribution is 2.32. The van der Waals surface area contributed by atoms with Crippen LogP contribution in [0.15, 0.2) is 35.4 Å². The fourth-order valence-corrected chi connectivity index (χ4v) is 2.22. The minimum atomic E-state index is -1.30. The lowest BCUT2D eigenvalue weighted by molar-refractivity contribution is -0.255. The molecule has 0 fully saturated rings. The van der Waals surface area contributed by atoms with Gasteiger partial charge in [0, 0.05) is 12.1 Å². The fourth-order valence-electron chi connectivity index (χ4n) is 2.06. The number of hydrogen-bond donors (Lipinski definition) is 1. The molecular formula is C17H16ClN2O5-. The van der Waals surface area contributed by atoms with E-state index in [1.54, 1.807) is 12.1 Å². The molecule has 2 rings (SSSR count). The maximum atomic E-state index is 10.9. The molecule has 1 N–H and O–H groups in total. The van der Waals surface area contributed by atoms with Crippen molar-refractivity contribution in [3.63, 3.8) is 0 Å². The Morgan fingerprint density at radius 3 is 2.28 bits per heavy atom. The van der Waals surface area contributed by atoms with E-state index >= 15 is 0 Å². The van der Waals surface area contributed by atoms with Crippen molar-refractivity contribution in [1.82, 2.24) is 0 Å². The number of carboxylic acids is 1. The first kappa shape index (κ1) is 18.4. The van der Waals surface area contributed by atoms with E-state index in [2.05, 4.69) is 10.5 Å². The van der Waals surface area contributed by atoms with Gasteiger partial charge in [0.2, 0.25) is 0 Å². The van der Waals surface area contributed by atoms with Crippen LogP contribution in [0.1, 0.15) is 15.9 Å². The predicted octanol–water partition coefficient (Wildman–Crippen LogP) is 2.18. The zero-order chi connectivity index (χ0) is 18.4. The second-order valence-corrected chi connectivity index (χ2v) is 5.20. The van der Waals surface area contributed by atoms with Gasteiger partial charge in [0.15, 0.2) is 0 Å². The number of benzene rings is 2. The van der Waals surface area contributed by atoms with Crippen LogP contribution in [-0.2, 0) is 0 Å². The summed E-state index contributed by atoms with van der Waals surface area (Å²) in [5.74, 6) is 0.262. The fraction of sp³-hybridized carbons (Fsp3) is 0.176. The molecule has 0 saturated heterocycles. The molecule has 2 aromatic rings. The van der Waals surface area contributed by atoms with Gasteiger partial charge in [-0.2, -0.15) is 5.10 Å². The lowest BCUT2D eigenvalue weighted by Crippen LogP contribution is -2.22. The molecule has 0 radical (unpaired) electrons. The Morgan fingerprint density at radius 2 is 1.76 bits per heavy atom. The van der Waals surface area contributed by atoms with Crippen LogP contribution in [0.3, 0.4) is 0 Å².